The molecule has 0 radical (unpaired) electrons. The zero-order chi connectivity index (χ0) is 18.6. The van der Waals surface area contributed by atoms with Gasteiger partial charge in [0.15, 0.2) is 0 Å². The van der Waals surface area contributed by atoms with Gasteiger partial charge in [0.25, 0.3) is 0 Å². The molecule has 6 nitrogen and oxygen atoms in total. The third kappa shape index (κ3) is 6.52. The standard InChI is InChI=1S/C20H22N4O2/c21-14-16(15-23-12-13-26-17-6-2-1-3-7-17)10-11-20(25)24-19-9-5-4-8-18(19)22/h1-11,14-15H,12-13,21-22H2,(H,24,25)/b11-10+,16-14?,23-15?. The molecule has 5 N–H and O–H groups in total. The summed E-state index contributed by atoms with van der Waals surface area (Å²) in [5.41, 5.74) is 13.0. The van der Waals surface area contributed by atoms with Gasteiger partial charge in [0.1, 0.15) is 12.4 Å². The molecule has 26 heavy (non-hydrogen) atoms. The van der Waals surface area contributed by atoms with Crippen LogP contribution in [0.1, 0.15) is 0 Å². The highest BCUT2D eigenvalue weighted by atomic mass is 16.5. The van der Waals surface area contributed by atoms with Gasteiger partial charge in [0, 0.05) is 24.1 Å². The number of carbonyl (C=O) groups excluding carboxylic acids is 1. The molecule has 0 heterocycles. The van der Waals surface area contributed by atoms with Crippen LogP contribution in [0.5, 0.6) is 5.75 Å². The molecular weight excluding hydrogens is 328 g/mol. The Morgan fingerprint density at radius 1 is 1.08 bits per heavy atom. The first-order valence-electron chi connectivity index (χ1n) is 8.12. The van der Waals surface area contributed by atoms with Crippen LogP contribution in [0.25, 0.3) is 0 Å². The van der Waals surface area contributed by atoms with E-state index in [0.717, 1.165) is 5.75 Å². The molecule has 0 saturated carbocycles. The monoisotopic (exact) mass is 350 g/mol. The Morgan fingerprint density at radius 3 is 2.54 bits per heavy atom. The van der Waals surface area contributed by atoms with Crippen molar-refractivity contribution < 1.29 is 9.53 Å². The average molecular weight is 350 g/mol. The fraction of sp³-hybridized carbons (Fsp3) is 0.100. The van der Waals surface area contributed by atoms with E-state index in [1.165, 1.54) is 12.3 Å². The van der Waals surface area contributed by atoms with E-state index in [4.69, 9.17) is 16.2 Å². The van der Waals surface area contributed by atoms with Gasteiger partial charge in [-0.3, -0.25) is 9.79 Å². The van der Waals surface area contributed by atoms with Crippen LogP contribution in [0.3, 0.4) is 0 Å². The van der Waals surface area contributed by atoms with Gasteiger partial charge < -0.3 is 21.5 Å². The summed E-state index contributed by atoms with van der Waals surface area (Å²) in [6.07, 6.45) is 5.92. The number of nitrogens with zero attached hydrogens (tertiary/aromatic N) is 1. The second-order valence-electron chi connectivity index (χ2n) is 5.27. The maximum atomic E-state index is 11.9. The fourth-order valence-electron chi connectivity index (χ4n) is 2.00. The summed E-state index contributed by atoms with van der Waals surface area (Å²) in [4.78, 5) is 16.2. The van der Waals surface area contributed by atoms with Gasteiger partial charge in [-0.05, 0) is 30.3 Å². The number of hydrogen-bond donors (Lipinski definition) is 3. The van der Waals surface area contributed by atoms with E-state index in [0.29, 0.717) is 30.1 Å². The van der Waals surface area contributed by atoms with Gasteiger partial charge >= 0.3 is 0 Å². The number of nitrogens with one attached hydrogen (secondary N) is 1. The molecule has 0 aliphatic heterocycles. The lowest BCUT2D eigenvalue weighted by molar-refractivity contribution is -0.111. The molecule has 6 heteroatoms. The number of benzene rings is 2. The summed E-state index contributed by atoms with van der Waals surface area (Å²) in [5.74, 6) is 0.497. The van der Waals surface area contributed by atoms with Crippen LogP contribution in [0.4, 0.5) is 11.4 Å². The fourth-order valence-corrected chi connectivity index (χ4v) is 2.00. The molecule has 1 amide bonds. The molecule has 2 rings (SSSR count). The van der Waals surface area contributed by atoms with Crippen molar-refractivity contribution in [2.24, 2.45) is 10.7 Å². The van der Waals surface area contributed by atoms with Crippen LogP contribution in [0.2, 0.25) is 0 Å². The number of allylic oxidation sites excluding steroid dienone is 2. The Balaban J connectivity index is 1.78. The topological polar surface area (TPSA) is 103 Å². The second kappa shape index (κ2) is 10.4. The molecule has 0 atom stereocenters. The molecule has 0 fully saturated rings. The molecule has 2 aromatic rings. The van der Waals surface area contributed by atoms with Crippen molar-refractivity contribution in [3.05, 3.63) is 78.5 Å². The Kier molecular flexibility index (Phi) is 7.48. The van der Waals surface area contributed by atoms with Crippen molar-refractivity contribution in [1.82, 2.24) is 0 Å². The minimum atomic E-state index is -0.303. The maximum Gasteiger partial charge on any atom is 0.248 e. The molecule has 0 aliphatic rings. The highest BCUT2D eigenvalue weighted by Gasteiger charge is 2.00. The Morgan fingerprint density at radius 2 is 1.81 bits per heavy atom. The zero-order valence-electron chi connectivity index (χ0n) is 14.3. The summed E-state index contributed by atoms with van der Waals surface area (Å²) in [6, 6.07) is 16.6. The molecule has 0 saturated heterocycles. The predicted octanol–water partition coefficient (Wildman–Crippen LogP) is 2.76. The Hall–Kier alpha value is -3.54. The summed E-state index contributed by atoms with van der Waals surface area (Å²) < 4.78 is 5.54. The number of rotatable bonds is 8. The first kappa shape index (κ1) is 18.8. The van der Waals surface area contributed by atoms with E-state index < -0.39 is 0 Å². The molecule has 0 bridgehead atoms. The van der Waals surface area contributed by atoms with Crippen LogP contribution in [0, 0.1) is 0 Å². The van der Waals surface area contributed by atoms with Crippen molar-refractivity contribution in [1.29, 1.82) is 0 Å². The smallest absolute Gasteiger partial charge is 0.248 e. The Bertz CT molecular complexity index is 798. The predicted molar refractivity (Wildman–Crippen MR) is 106 cm³/mol. The van der Waals surface area contributed by atoms with Gasteiger partial charge in [-0.1, -0.05) is 30.3 Å². The van der Waals surface area contributed by atoms with Crippen molar-refractivity contribution in [2.75, 3.05) is 24.2 Å². The number of para-hydroxylation sites is 3. The van der Waals surface area contributed by atoms with E-state index in [2.05, 4.69) is 10.3 Å². The maximum absolute atomic E-state index is 11.9. The second-order valence-corrected chi connectivity index (χ2v) is 5.27. The number of amides is 1. The molecule has 2 aromatic carbocycles. The molecule has 0 aliphatic carbocycles. The van der Waals surface area contributed by atoms with E-state index >= 15 is 0 Å². The minimum Gasteiger partial charge on any atom is -0.492 e. The van der Waals surface area contributed by atoms with Crippen molar-refractivity contribution in [3.8, 4) is 5.75 Å². The van der Waals surface area contributed by atoms with Crippen molar-refractivity contribution >= 4 is 23.5 Å². The van der Waals surface area contributed by atoms with Gasteiger partial charge in [-0.25, -0.2) is 0 Å². The van der Waals surface area contributed by atoms with Gasteiger partial charge in [-0.2, -0.15) is 0 Å². The molecule has 0 aromatic heterocycles. The number of nitrogen functional groups attached to an aromatic ring is 1. The van der Waals surface area contributed by atoms with Crippen LogP contribution < -0.4 is 21.5 Å². The Labute approximate surface area is 152 Å². The number of nitrogens with two attached hydrogens (primary N) is 2. The highest BCUT2D eigenvalue weighted by Crippen LogP contribution is 2.16. The van der Waals surface area contributed by atoms with Gasteiger partial charge in [-0.15, -0.1) is 0 Å². The number of anilines is 2. The lowest BCUT2D eigenvalue weighted by atomic mass is 10.2. The number of hydrogen-bond acceptors (Lipinski definition) is 5. The lowest BCUT2D eigenvalue weighted by Gasteiger charge is -2.05. The number of ether oxygens (including phenoxy) is 1. The largest absolute Gasteiger partial charge is 0.492 e. The van der Waals surface area contributed by atoms with Crippen molar-refractivity contribution in [3.63, 3.8) is 0 Å². The summed E-state index contributed by atoms with van der Waals surface area (Å²) in [5, 5.41) is 2.70. The lowest BCUT2D eigenvalue weighted by Crippen LogP contribution is -2.09. The van der Waals surface area contributed by atoms with Crippen molar-refractivity contribution in [2.45, 2.75) is 0 Å². The molecule has 0 spiro atoms. The quantitative estimate of drug-likeness (QED) is 0.224. The van der Waals surface area contributed by atoms with E-state index in [-0.39, 0.29) is 5.91 Å². The minimum absolute atomic E-state index is 0.303. The third-order valence-corrected chi connectivity index (χ3v) is 3.31. The average Bonchev–Trinajstić information content (AvgIpc) is 2.66. The molecule has 134 valence electrons. The molecular formula is C20H22N4O2. The first-order valence-corrected chi connectivity index (χ1v) is 8.12. The van der Waals surface area contributed by atoms with Gasteiger partial charge in [0.05, 0.1) is 17.9 Å². The summed E-state index contributed by atoms with van der Waals surface area (Å²) in [7, 11) is 0. The van der Waals surface area contributed by atoms with E-state index in [9.17, 15) is 4.79 Å². The third-order valence-electron chi connectivity index (χ3n) is 3.31. The highest BCUT2D eigenvalue weighted by molar-refractivity contribution is 6.02. The summed E-state index contributed by atoms with van der Waals surface area (Å²) in [6.45, 7) is 0.933. The van der Waals surface area contributed by atoms with E-state index in [1.807, 2.05) is 30.3 Å². The molecule has 0 unspecified atom stereocenters. The summed E-state index contributed by atoms with van der Waals surface area (Å²) >= 11 is 0. The van der Waals surface area contributed by atoms with E-state index in [1.54, 1.807) is 36.6 Å². The van der Waals surface area contributed by atoms with Gasteiger partial charge in [0.2, 0.25) is 5.91 Å². The van der Waals surface area contributed by atoms with Crippen LogP contribution in [-0.4, -0.2) is 25.3 Å². The normalized spacial score (nSPS) is 11.8. The van der Waals surface area contributed by atoms with Crippen LogP contribution >= 0.6 is 0 Å². The number of aliphatic imine (C=N–C) groups is 1. The SMILES string of the molecule is NC=C(C=NCCOc1ccccc1)/C=C/C(=O)Nc1ccccc1N. The van der Waals surface area contributed by atoms with Crippen LogP contribution in [0.15, 0.2) is 83.5 Å². The van der Waals surface area contributed by atoms with Crippen LogP contribution in [-0.2, 0) is 4.79 Å². The zero-order valence-corrected chi connectivity index (χ0v) is 14.3. The first-order chi connectivity index (χ1) is 12.7. The number of carbonyl (C=O) groups is 1.